The molecule has 0 saturated carbocycles. The van der Waals surface area contributed by atoms with Gasteiger partial charge in [-0.05, 0) is 41.8 Å². The molecule has 2 heterocycles. The van der Waals surface area contributed by atoms with Gasteiger partial charge in [0, 0.05) is 33.9 Å². The van der Waals surface area contributed by atoms with Gasteiger partial charge in [0.15, 0.2) is 0 Å². The van der Waals surface area contributed by atoms with Gasteiger partial charge >= 0.3 is 0 Å². The van der Waals surface area contributed by atoms with E-state index in [0.717, 1.165) is 16.5 Å². The molecule has 0 aliphatic heterocycles. The monoisotopic (exact) mass is 377 g/mol. The maximum absolute atomic E-state index is 6.10. The molecule has 0 unspecified atom stereocenters. The minimum Gasteiger partial charge on any atom is -0.329 e. The second-order valence-corrected chi connectivity index (χ2v) is 7.72. The molecule has 1 aromatic carbocycles. The summed E-state index contributed by atoms with van der Waals surface area (Å²) in [5, 5.41) is 2.25. The summed E-state index contributed by atoms with van der Waals surface area (Å²) in [5.41, 5.74) is 2.40. The zero-order chi connectivity index (χ0) is 17.1. The van der Waals surface area contributed by atoms with E-state index in [0.29, 0.717) is 16.0 Å². The largest absolute Gasteiger partial charge is 0.329 e. The number of pyridine rings is 1. The van der Waals surface area contributed by atoms with Crippen molar-refractivity contribution in [3.8, 4) is 0 Å². The standard InChI is InChI=1S/C18H17Cl2N3S/c1-12(2)17-18(24-16-8-14(19)7-15(20)9-16)22-11-23(17)10-13-3-5-21-6-4-13/h3-9,11-12H,10H2,1-2H3. The Morgan fingerprint density at radius 2 is 1.75 bits per heavy atom. The molecule has 24 heavy (non-hydrogen) atoms. The first-order valence-corrected chi connectivity index (χ1v) is 9.18. The van der Waals surface area contributed by atoms with Gasteiger partial charge in [-0.3, -0.25) is 4.98 Å². The summed E-state index contributed by atoms with van der Waals surface area (Å²) in [7, 11) is 0. The molecule has 0 atom stereocenters. The highest BCUT2D eigenvalue weighted by atomic mass is 35.5. The predicted molar refractivity (Wildman–Crippen MR) is 100 cm³/mol. The van der Waals surface area contributed by atoms with Crippen LogP contribution >= 0.6 is 35.0 Å². The van der Waals surface area contributed by atoms with E-state index in [2.05, 4.69) is 28.4 Å². The first kappa shape index (κ1) is 17.3. The molecular formula is C18H17Cl2N3S. The average Bonchev–Trinajstić information content (AvgIpc) is 2.89. The summed E-state index contributed by atoms with van der Waals surface area (Å²) in [5.74, 6) is 0.353. The fourth-order valence-electron chi connectivity index (χ4n) is 2.54. The Labute approximate surface area is 156 Å². The molecule has 124 valence electrons. The third-order valence-electron chi connectivity index (χ3n) is 3.54. The Bertz CT molecular complexity index is 811. The lowest BCUT2D eigenvalue weighted by Crippen LogP contribution is -2.05. The fourth-order valence-corrected chi connectivity index (χ4v) is 4.35. The molecule has 0 aliphatic carbocycles. The summed E-state index contributed by atoms with van der Waals surface area (Å²) in [4.78, 5) is 9.67. The second-order valence-electron chi connectivity index (χ2n) is 5.78. The predicted octanol–water partition coefficient (Wildman–Crippen LogP) is 5.91. The number of halogens is 2. The normalized spacial score (nSPS) is 11.2. The van der Waals surface area contributed by atoms with E-state index < -0.39 is 0 Å². The zero-order valence-electron chi connectivity index (χ0n) is 13.4. The summed E-state index contributed by atoms with van der Waals surface area (Å²) in [6.45, 7) is 5.13. The lowest BCUT2D eigenvalue weighted by Gasteiger charge is -2.13. The van der Waals surface area contributed by atoms with E-state index in [-0.39, 0.29) is 0 Å². The van der Waals surface area contributed by atoms with Crippen LogP contribution in [0.3, 0.4) is 0 Å². The lowest BCUT2D eigenvalue weighted by molar-refractivity contribution is 0.679. The highest BCUT2D eigenvalue weighted by Crippen LogP contribution is 2.35. The van der Waals surface area contributed by atoms with Crippen LogP contribution in [0.5, 0.6) is 0 Å². The van der Waals surface area contributed by atoms with E-state index in [4.69, 9.17) is 23.2 Å². The smallest absolute Gasteiger partial charge is 0.122 e. The molecule has 0 N–H and O–H groups in total. The van der Waals surface area contributed by atoms with Crippen LogP contribution in [0.25, 0.3) is 0 Å². The van der Waals surface area contributed by atoms with Crippen LogP contribution < -0.4 is 0 Å². The first-order chi connectivity index (χ1) is 11.5. The van der Waals surface area contributed by atoms with Crippen LogP contribution in [0.4, 0.5) is 0 Å². The molecule has 6 heteroatoms. The molecule has 3 aromatic rings. The Morgan fingerprint density at radius 1 is 1.08 bits per heavy atom. The van der Waals surface area contributed by atoms with Crippen LogP contribution in [0, 0.1) is 0 Å². The van der Waals surface area contributed by atoms with Crippen LogP contribution in [0.15, 0.2) is 59.0 Å². The molecule has 0 amide bonds. The van der Waals surface area contributed by atoms with Crippen molar-refractivity contribution in [1.82, 2.24) is 14.5 Å². The molecule has 0 bridgehead atoms. The van der Waals surface area contributed by atoms with Crippen molar-refractivity contribution in [3.63, 3.8) is 0 Å². The van der Waals surface area contributed by atoms with Gasteiger partial charge in [-0.15, -0.1) is 0 Å². The SMILES string of the molecule is CC(C)c1c(Sc2cc(Cl)cc(Cl)c2)ncn1Cc1ccncc1. The second kappa shape index (κ2) is 7.60. The number of benzene rings is 1. The molecular weight excluding hydrogens is 361 g/mol. The van der Waals surface area contributed by atoms with Gasteiger partial charge < -0.3 is 4.57 Å². The molecule has 2 aromatic heterocycles. The number of hydrogen-bond donors (Lipinski definition) is 0. The van der Waals surface area contributed by atoms with E-state index >= 15 is 0 Å². The first-order valence-electron chi connectivity index (χ1n) is 7.61. The summed E-state index contributed by atoms with van der Waals surface area (Å²) in [6, 6.07) is 9.59. The quantitative estimate of drug-likeness (QED) is 0.553. The molecule has 0 spiro atoms. The van der Waals surface area contributed by atoms with Gasteiger partial charge in [-0.1, -0.05) is 48.8 Å². The number of hydrogen-bond acceptors (Lipinski definition) is 3. The van der Waals surface area contributed by atoms with Crippen molar-refractivity contribution >= 4 is 35.0 Å². The Kier molecular flexibility index (Phi) is 5.49. The molecule has 0 saturated heterocycles. The van der Waals surface area contributed by atoms with Gasteiger partial charge in [0.2, 0.25) is 0 Å². The van der Waals surface area contributed by atoms with Crippen molar-refractivity contribution in [2.24, 2.45) is 0 Å². The summed E-state index contributed by atoms with van der Waals surface area (Å²) < 4.78 is 2.19. The molecule has 3 nitrogen and oxygen atoms in total. The maximum atomic E-state index is 6.10. The van der Waals surface area contributed by atoms with Crippen LogP contribution in [-0.2, 0) is 6.54 Å². The summed E-state index contributed by atoms with van der Waals surface area (Å²) in [6.07, 6.45) is 5.51. The summed E-state index contributed by atoms with van der Waals surface area (Å²) >= 11 is 13.8. The van der Waals surface area contributed by atoms with Crippen LogP contribution in [-0.4, -0.2) is 14.5 Å². The lowest BCUT2D eigenvalue weighted by atomic mass is 10.1. The van der Waals surface area contributed by atoms with Crippen molar-refractivity contribution < 1.29 is 0 Å². The van der Waals surface area contributed by atoms with E-state index in [1.807, 2.05) is 43.0 Å². The highest BCUT2D eigenvalue weighted by molar-refractivity contribution is 7.99. The van der Waals surface area contributed by atoms with Gasteiger partial charge in [0.25, 0.3) is 0 Å². The Balaban J connectivity index is 1.91. The van der Waals surface area contributed by atoms with Crippen LogP contribution in [0.1, 0.15) is 31.0 Å². The zero-order valence-corrected chi connectivity index (χ0v) is 15.7. The third kappa shape index (κ3) is 4.12. The fraction of sp³-hybridized carbons (Fsp3) is 0.222. The van der Waals surface area contributed by atoms with Gasteiger partial charge in [-0.2, -0.15) is 0 Å². The van der Waals surface area contributed by atoms with E-state index in [1.54, 1.807) is 17.8 Å². The minimum absolute atomic E-state index is 0.353. The average molecular weight is 378 g/mol. The number of imidazole rings is 1. The van der Waals surface area contributed by atoms with E-state index in [9.17, 15) is 0 Å². The number of rotatable bonds is 5. The van der Waals surface area contributed by atoms with Gasteiger partial charge in [0.05, 0.1) is 12.0 Å². The van der Waals surface area contributed by atoms with Crippen molar-refractivity contribution in [2.75, 3.05) is 0 Å². The topological polar surface area (TPSA) is 30.7 Å². The minimum atomic E-state index is 0.353. The van der Waals surface area contributed by atoms with Crippen molar-refractivity contribution in [1.29, 1.82) is 0 Å². The van der Waals surface area contributed by atoms with Gasteiger partial charge in [0.1, 0.15) is 5.03 Å². The van der Waals surface area contributed by atoms with Crippen molar-refractivity contribution in [2.45, 2.75) is 36.2 Å². The highest BCUT2D eigenvalue weighted by Gasteiger charge is 2.16. The Morgan fingerprint density at radius 3 is 2.38 bits per heavy atom. The molecule has 0 aliphatic rings. The maximum Gasteiger partial charge on any atom is 0.122 e. The number of nitrogens with zero attached hydrogens (tertiary/aromatic N) is 3. The Hall–Kier alpha value is -1.49. The molecule has 3 rings (SSSR count). The third-order valence-corrected chi connectivity index (χ3v) is 4.96. The van der Waals surface area contributed by atoms with Crippen molar-refractivity contribution in [3.05, 3.63) is 70.4 Å². The molecule has 0 radical (unpaired) electrons. The van der Waals surface area contributed by atoms with E-state index in [1.165, 1.54) is 11.3 Å². The molecule has 0 fully saturated rings. The van der Waals surface area contributed by atoms with Crippen LogP contribution in [0.2, 0.25) is 10.0 Å². The number of aromatic nitrogens is 3. The van der Waals surface area contributed by atoms with Gasteiger partial charge in [-0.25, -0.2) is 4.98 Å².